The van der Waals surface area contributed by atoms with Crippen molar-refractivity contribution in [2.45, 2.75) is 16.1 Å². The first-order valence-electron chi connectivity index (χ1n) is 6.06. The van der Waals surface area contributed by atoms with Crippen LogP contribution in [-0.2, 0) is 4.79 Å². The topological polar surface area (TPSA) is 82.7 Å². The van der Waals surface area contributed by atoms with Gasteiger partial charge in [0.2, 0.25) is 5.91 Å². The van der Waals surface area contributed by atoms with Crippen LogP contribution in [0.15, 0.2) is 40.6 Å². The molecule has 2 heterocycles. The molecule has 1 aromatic carbocycles. The van der Waals surface area contributed by atoms with E-state index in [-0.39, 0.29) is 11.9 Å². The van der Waals surface area contributed by atoms with Gasteiger partial charge in [0.05, 0.1) is 6.04 Å². The third-order valence-corrected chi connectivity index (χ3v) is 4.60. The molecule has 2 aromatic rings. The van der Waals surface area contributed by atoms with Crippen molar-refractivity contribution in [1.29, 1.82) is 0 Å². The van der Waals surface area contributed by atoms with Crippen LogP contribution in [0, 0.1) is 0 Å². The van der Waals surface area contributed by atoms with Gasteiger partial charge in [-0.1, -0.05) is 11.8 Å². The summed E-state index contributed by atoms with van der Waals surface area (Å²) in [6, 6.07) is 7.57. The zero-order valence-corrected chi connectivity index (χ0v) is 12.1. The van der Waals surface area contributed by atoms with Crippen molar-refractivity contribution in [2.75, 3.05) is 16.9 Å². The Morgan fingerprint density at radius 3 is 2.90 bits per heavy atom. The molecule has 1 saturated heterocycles. The quantitative estimate of drug-likeness (QED) is 0.795. The van der Waals surface area contributed by atoms with Crippen LogP contribution in [0.5, 0.6) is 0 Å². The highest BCUT2D eigenvalue weighted by Gasteiger charge is 2.22. The van der Waals surface area contributed by atoms with E-state index in [0.717, 1.165) is 27.4 Å². The van der Waals surface area contributed by atoms with Crippen LogP contribution in [0.4, 0.5) is 5.69 Å². The predicted octanol–water partition coefficient (Wildman–Crippen LogP) is 1.56. The summed E-state index contributed by atoms with van der Waals surface area (Å²) in [4.78, 5) is 17.0. The molecule has 1 amide bonds. The van der Waals surface area contributed by atoms with E-state index >= 15 is 0 Å². The second kappa shape index (κ2) is 6.29. The molecule has 1 unspecified atom stereocenters. The molecule has 0 aliphatic carbocycles. The highest BCUT2D eigenvalue weighted by Crippen LogP contribution is 2.25. The second-order valence-corrected chi connectivity index (χ2v) is 6.27. The number of rotatable bonds is 4. The van der Waals surface area contributed by atoms with Crippen LogP contribution in [0.3, 0.4) is 0 Å². The van der Waals surface area contributed by atoms with Gasteiger partial charge < -0.3 is 5.32 Å². The Morgan fingerprint density at radius 2 is 2.25 bits per heavy atom. The molecule has 0 radical (unpaired) electrons. The number of hydrogen-bond acceptors (Lipinski definition) is 6. The van der Waals surface area contributed by atoms with Crippen molar-refractivity contribution in [3.8, 4) is 0 Å². The van der Waals surface area contributed by atoms with Gasteiger partial charge in [0.15, 0.2) is 5.16 Å². The van der Waals surface area contributed by atoms with E-state index in [9.17, 15) is 4.79 Å². The molecule has 1 aromatic heterocycles. The first-order valence-corrected chi connectivity index (χ1v) is 8.04. The van der Waals surface area contributed by atoms with Gasteiger partial charge in [0.1, 0.15) is 6.33 Å². The molecule has 20 heavy (non-hydrogen) atoms. The minimum Gasteiger partial charge on any atom is -0.325 e. The third kappa shape index (κ3) is 3.33. The summed E-state index contributed by atoms with van der Waals surface area (Å²) in [6.45, 7) is 0. The van der Waals surface area contributed by atoms with Gasteiger partial charge in [-0.05, 0) is 24.3 Å². The van der Waals surface area contributed by atoms with Gasteiger partial charge >= 0.3 is 0 Å². The maximum atomic E-state index is 11.9. The van der Waals surface area contributed by atoms with Gasteiger partial charge in [0, 0.05) is 22.2 Å². The third-order valence-electron chi connectivity index (χ3n) is 2.76. The number of carbonyl (C=O) groups excluding carboxylic acids is 1. The highest BCUT2D eigenvalue weighted by molar-refractivity contribution is 7.99. The van der Waals surface area contributed by atoms with Crippen molar-refractivity contribution >= 4 is 35.1 Å². The fourth-order valence-corrected chi connectivity index (χ4v) is 3.39. The molecule has 3 N–H and O–H groups in total. The van der Waals surface area contributed by atoms with Crippen LogP contribution in [-0.4, -0.2) is 38.8 Å². The average Bonchev–Trinajstić information content (AvgIpc) is 3.13. The van der Waals surface area contributed by atoms with E-state index in [1.165, 1.54) is 18.1 Å². The zero-order valence-electron chi connectivity index (χ0n) is 10.5. The Labute approximate surface area is 124 Å². The molecule has 0 spiro atoms. The first kappa shape index (κ1) is 13.5. The Balaban J connectivity index is 1.59. The molecule has 104 valence electrons. The molecular formula is C12H13N5OS2. The smallest absolute Gasteiger partial charge is 0.242 e. The first-order chi connectivity index (χ1) is 9.81. The Morgan fingerprint density at radius 1 is 1.40 bits per heavy atom. The number of benzene rings is 1. The number of aromatic amines is 1. The number of nitrogens with one attached hydrogen (secondary N) is 3. The van der Waals surface area contributed by atoms with Crippen LogP contribution in [0.2, 0.25) is 0 Å². The second-order valence-electron chi connectivity index (χ2n) is 4.18. The van der Waals surface area contributed by atoms with Gasteiger partial charge in [-0.15, -0.1) is 11.8 Å². The molecule has 1 fully saturated rings. The molecular weight excluding hydrogens is 294 g/mol. The predicted molar refractivity (Wildman–Crippen MR) is 79.8 cm³/mol. The summed E-state index contributed by atoms with van der Waals surface area (Å²) in [5.41, 5.74) is 0.801. The lowest BCUT2D eigenvalue weighted by Crippen LogP contribution is -2.37. The van der Waals surface area contributed by atoms with Crippen molar-refractivity contribution in [3.63, 3.8) is 0 Å². The van der Waals surface area contributed by atoms with Gasteiger partial charge in [-0.25, -0.2) is 4.98 Å². The summed E-state index contributed by atoms with van der Waals surface area (Å²) in [5.74, 6) is 1.68. The number of hydrogen-bond donors (Lipinski definition) is 3. The molecule has 3 rings (SSSR count). The highest BCUT2D eigenvalue weighted by atomic mass is 32.2. The maximum Gasteiger partial charge on any atom is 0.242 e. The van der Waals surface area contributed by atoms with Gasteiger partial charge in [-0.2, -0.15) is 5.10 Å². The van der Waals surface area contributed by atoms with Crippen LogP contribution >= 0.6 is 23.5 Å². The summed E-state index contributed by atoms with van der Waals surface area (Å²) >= 11 is 3.22. The Bertz CT molecular complexity index is 566. The SMILES string of the molecule is O=C(Nc1ccc(Sc2ncn[nH]2)cc1)C1CSCN1. The lowest BCUT2D eigenvalue weighted by atomic mass is 10.2. The minimum absolute atomic E-state index is 0.0191. The van der Waals surface area contributed by atoms with Crippen molar-refractivity contribution in [2.24, 2.45) is 0 Å². The molecule has 1 aliphatic rings. The van der Waals surface area contributed by atoms with Crippen molar-refractivity contribution in [3.05, 3.63) is 30.6 Å². The lowest BCUT2D eigenvalue weighted by molar-refractivity contribution is -0.117. The monoisotopic (exact) mass is 307 g/mol. The van der Waals surface area contributed by atoms with E-state index in [1.54, 1.807) is 11.8 Å². The molecule has 1 aliphatic heterocycles. The standard InChI is InChI=1S/C12H13N5OS2/c18-11(10-5-19-7-14-10)16-8-1-3-9(4-2-8)20-12-13-6-15-17-12/h1-4,6,10,14H,5,7H2,(H,16,18)(H,13,15,17). The average molecular weight is 307 g/mol. The number of carbonyl (C=O) groups is 1. The molecule has 0 saturated carbocycles. The number of nitrogens with zero attached hydrogens (tertiary/aromatic N) is 2. The Hall–Kier alpha value is -1.51. The number of amides is 1. The van der Waals surface area contributed by atoms with Crippen LogP contribution in [0.25, 0.3) is 0 Å². The normalized spacial score (nSPS) is 18.1. The molecule has 8 heteroatoms. The van der Waals surface area contributed by atoms with E-state index in [2.05, 4.69) is 25.8 Å². The lowest BCUT2D eigenvalue weighted by Gasteiger charge is -2.10. The van der Waals surface area contributed by atoms with Crippen LogP contribution in [0.1, 0.15) is 0 Å². The summed E-state index contributed by atoms with van der Waals surface area (Å²) in [5, 5.41) is 13.4. The largest absolute Gasteiger partial charge is 0.325 e. The number of aromatic nitrogens is 3. The summed E-state index contributed by atoms with van der Waals surface area (Å²) < 4.78 is 0. The summed E-state index contributed by atoms with van der Waals surface area (Å²) in [6.07, 6.45) is 1.48. The fraction of sp³-hybridized carbons (Fsp3) is 0.250. The maximum absolute atomic E-state index is 11.9. The van der Waals surface area contributed by atoms with Gasteiger partial charge in [0.25, 0.3) is 0 Å². The van der Waals surface area contributed by atoms with Crippen molar-refractivity contribution in [1.82, 2.24) is 20.5 Å². The van der Waals surface area contributed by atoms with Crippen LogP contribution < -0.4 is 10.6 Å². The molecule has 6 nitrogen and oxygen atoms in total. The molecule has 1 atom stereocenters. The van der Waals surface area contributed by atoms with Crippen molar-refractivity contribution < 1.29 is 4.79 Å². The minimum atomic E-state index is -0.0942. The van der Waals surface area contributed by atoms with E-state index in [0.29, 0.717) is 0 Å². The number of H-pyrrole nitrogens is 1. The summed E-state index contributed by atoms with van der Waals surface area (Å²) in [7, 11) is 0. The molecule has 0 bridgehead atoms. The Kier molecular flexibility index (Phi) is 4.24. The zero-order chi connectivity index (χ0) is 13.8. The van der Waals surface area contributed by atoms with E-state index in [1.807, 2.05) is 24.3 Å². The fourth-order valence-electron chi connectivity index (χ4n) is 1.75. The van der Waals surface area contributed by atoms with Gasteiger partial charge in [-0.3, -0.25) is 15.2 Å². The van der Waals surface area contributed by atoms with E-state index in [4.69, 9.17) is 0 Å². The number of thioether (sulfide) groups is 1. The van der Waals surface area contributed by atoms with E-state index < -0.39 is 0 Å². The number of anilines is 1.